The van der Waals surface area contributed by atoms with E-state index < -0.39 is 0 Å². The van der Waals surface area contributed by atoms with Crippen molar-refractivity contribution >= 4 is 0 Å². The summed E-state index contributed by atoms with van der Waals surface area (Å²) in [6.45, 7) is 8.63. The van der Waals surface area contributed by atoms with Crippen molar-refractivity contribution in [3.8, 4) is 0 Å². The van der Waals surface area contributed by atoms with E-state index in [0.717, 1.165) is 58.8 Å². The van der Waals surface area contributed by atoms with Crippen LogP contribution < -0.4 is 10.6 Å². The lowest BCUT2D eigenvalue weighted by Crippen LogP contribution is -2.61. The van der Waals surface area contributed by atoms with Gasteiger partial charge in [-0.25, -0.2) is 0 Å². The van der Waals surface area contributed by atoms with Gasteiger partial charge in [0.2, 0.25) is 0 Å². The van der Waals surface area contributed by atoms with Crippen molar-refractivity contribution in [2.75, 3.05) is 59.0 Å². The molecule has 2 fully saturated rings. The molecule has 0 bridgehead atoms. The van der Waals surface area contributed by atoms with Crippen LogP contribution >= 0.6 is 0 Å². The predicted molar refractivity (Wildman–Crippen MR) is 67.9 cm³/mol. The monoisotopic (exact) mass is 244 g/mol. The first-order valence-electron chi connectivity index (χ1n) is 6.86. The Bertz CT molecular complexity index is 201. The van der Waals surface area contributed by atoms with E-state index >= 15 is 0 Å². The quantitative estimate of drug-likeness (QED) is 0.660. The van der Waals surface area contributed by atoms with E-state index in [1.165, 1.54) is 0 Å². The summed E-state index contributed by atoms with van der Waals surface area (Å²) in [5.41, 5.74) is 0. The number of hydrogen-bond acceptors (Lipinski definition) is 4. The van der Waals surface area contributed by atoms with Crippen LogP contribution in [0, 0.1) is 0 Å². The van der Waals surface area contributed by atoms with Crippen LogP contribution in [-0.2, 0) is 0 Å². The highest BCUT2D eigenvalue weighted by Gasteiger charge is 2.24. The normalized spacial score (nSPS) is 28.4. The van der Waals surface area contributed by atoms with Gasteiger partial charge in [0.15, 0.2) is 0 Å². The third-order valence-corrected chi connectivity index (χ3v) is 3.73. The van der Waals surface area contributed by atoms with Crippen LogP contribution in [0.4, 0.5) is 4.39 Å². The van der Waals surface area contributed by atoms with Gasteiger partial charge in [-0.15, -0.1) is 0 Å². The molecule has 2 heterocycles. The van der Waals surface area contributed by atoms with Gasteiger partial charge in [0.1, 0.15) is 0 Å². The Balaban J connectivity index is 1.63. The Kier molecular flexibility index (Phi) is 5.64. The molecule has 5 heteroatoms. The lowest BCUT2D eigenvalue weighted by molar-refractivity contribution is 0.0733. The fraction of sp³-hybridized carbons (Fsp3) is 1.00. The maximum Gasteiger partial charge on any atom is 0.0894 e. The first-order valence-corrected chi connectivity index (χ1v) is 6.86. The summed E-state index contributed by atoms with van der Waals surface area (Å²) in [6, 6.07) is 0. The lowest BCUT2D eigenvalue weighted by Gasteiger charge is -2.41. The zero-order valence-corrected chi connectivity index (χ0v) is 10.6. The third kappa shape index (κ3) is 4.17. The zero-order chi connectivity index (χ0) is 11.9. The molecule has 0 radical (unpaired) electrons. The molecule has 0 amide bonds. The highest BCUT2D eigenvalue weighted by Crippen LogP contribution is 2.07. The summed E-state index contributed by atoms with van der Waals surface area (Å²) in [5, 5.41) is 6.98. The number of alkyl halides is 1. The van der Waals surface area contributed by atoms with Gasteiger partial charge in [-0.1, -0.05) is 0 Å². The SMILES string of the molecule is FCCCCN1CCN(C2CNCCN2)CC1. The molecule has 1 unspecified atom stereocenters. The van der Waals surface area contributed by atoms with Crippen molar-refractivity contribution in [1.29, 1.82) is 0 Å². The summed E-state index contributed by atoms with van der Waals surface area (Å²) >= 11 is 0. The van der Waals surface area contributed by atoms with Crippen LogP contribution in [0.25, 0.3) is 0 Å². The molecular weight excluding hydrogens is 219 g/mol. The van der Waals surface area contributed by atoms with Gasteiger partial charge >= 0.3 is 0 Å². The molecule has 2 aliphatic rings. The van der Waals surface area contributed by atoms with Crippen LogP contribution in [0.3, 0.4) is 0 Å². The van der Waals surface area contributed by atoms with Crippen molar-refractivity contribution in [3.63, 3.8) is 0 Å². The Morgan fingerprint density at radius 2 is 1.88 bits per heavy atom. The van der Waals surface area contributed by atoms with Crippen LogP contribution in [0.15, 0.2) is 0 Å². The Morgan fingerprint density at radius 1 is 1.06 bits per heavy atom. The molecule has 0 aromatic rings. The summed E-state index contributed by atoms with van der Waals surface area (Å²) in [6.07, 6.45) is 2.23. The molecule has 0 spiro atoms. The van der Waals surface area contributed by atoms with Crippen LogP contribution in [0.5, 0.6) is 0 Å². The smallest absolute Gasteiger partial charge is 0.0894 e. The molecule has 4 nitrogen and oxygen atoms in total. The second kappa shape index (κ2) is 7.26. The Labute approximate surface area is 104 Å². The first-order chi connectivity index (χ1) is 8.40. The summed E-state index contributed by atoms with van der Waals surface area (Å²) < 4.78 is 12.0. The van der Waals surface area contributed by atoms with Gasteiger partial charge in [-0.2, -0.15) is 0 Å². The van der Waals surface area contributed by atoms with Crippen molar-refractivity contribution < 1.29 is 4.39 Å². The molecule has 2 rings (SSSR count). The van der Waals surface area contributed by atoms with Gasteiger partial charge < -0.3 is 10.2 Å². The van der Waals surface area contributed by atoms with E-state index in [1.54, 1.807) is 0 Å². The fourth-order valence-corrected chi connectivity index (χ4v) is 2.62. The Hall–Kier alpha value is -0.230. The van der Waals surface area contributed by atoms with Gasteiger partial charge in [-0.3, -0.25) is 14.6 Å². The number of unbranched alkanes of at least 4 members (excludes halogenated alkanes) is 1. The number of nitrogens with one attached hydrogen (secondary N) is 2. The zero-order valence-electron chi connectivity index (χ0n) is 10.6. The molecule has 100 valence electrons. The second-order valence-electron chi connectivity index (χ2n) is 4.95. The topological polar surface area (TPSA) is 30.5 Å². The van der Waals surface area contributed by atoms with E-state index in [-0.39, 0.29) is 6.67 Å². The van der Waals surface area contributed by atoms with Crippen molar-refractivity contribution in [2.45, 2.75) is 19.0 Å². The molecule has 0 aromatic heterocycles. The second-order valence-corrected chi connectivity index (χ2v) is 4.95. The molecule has 0 saturated carbocycles. The molecule has 2 saturated heterocycles. The van der Waals surface area contributed by atoms with E-state index in [1.807, 2.05) is 0 Å². The fourth-order valence-electron chi connectivity index (χ4n) is 2.62. The third-order valence-electron chi connectivity index (χ3n) is 3.73. The standard InChI is InChI=1S/C12H25FN4/c13-3-1-2-6-16-7-9-17(10-8-16)12-11-14-4-5-15-12/h12,14-15H,1-11H2. The summed E-state index contributed by atoms with van der Waals surface area (Å²) in [5.74, 6) is 0. The number of hydrogen-bond donors (Lipinski definition) is 2. The van der Waals surface area contributed by atoms with Crippen LogP contribution in [0.1, 0.15) is 12.8 Å². The van der Waals surface area contributed by atoms with E-state index in [2.05, 4.69) is 20.4 Å². The first kappa shape index (κ1) is 13.2. The van der Waals surface area contributed by atoms with Crippen molar-refractivity contribution in [3.05, 3.63) is 0 Å². The minimum atomic E-state index is -0.169. The molecule has 17 heavy (non-hydrogen) atoms. The van der Waals surface area contributed by atoms with Gasteiger partial charge in [0.05, 0.1) is 12.8 Å². The van der Waals surface area contributed by atoms with E-state index in [4.69, 9.17) is 0 Å². The maximum atomic E-state index is 12.0. The lowest BCUT2D eigenvalue weighted by atomic mass is 10.2. The van der Waals surface area contributed by atoms with Gasteiger partial charge in [0.25, 0.3) is 0 Å². The van der Waals surface area contributed by atoms with Crippen molar-refractivity contribution in [2.24, 2.45) is 0 Å². The Morgan fingerprint density at radius 3 is 2.53 bits per heavy atom. The number of piperazine rings is 2. The predicted octanol–water partition coefficient (Wildman–Crippen LogP) is -0.127. The molecule has 0 aliphatic carbocycles. The van der Waals surface area contributed by atoms with Crippen molar-refractivity contribution in [1.82, 2.24) is 20.4 Å². The number of halogens is 1. The molecule has 1 atom stereocenters. The highest BCUT2D eigenvalue weighted by molar-refractivity contribution is 4.81. The summed E-state index contributed by atoms with van der Waals surface area (Å²) in [7, 11) is 0. The van der Waals surface area contributed by atoms with Crippen LogP contribution in [0.2, 0.25) is 0 Å². The largest absolute Gasteiger partial charge is 0.313 e. The maximum absolute atomic E-state index is 12.0. The summed E-state index contributed by atoms with van der Waals surface area (Å²) in [4.78, 5) is 4.99. The molecule has 0 aromatic carbocycles. The molecule has 2 N–H and O–H groups in total. The average molecular weight is 244 g/mol. The number of rotatable bonds is 5. The van der Waals surface area contributed by atoms with E-state index in [0.29, 0.717) is 12.6 Å². The van der Waals surface area contributed by atoms with Gasteiger partial charge in [0, 0.05) is 45.8 Å². The highest BCUT2D eigenvalue weighted by atomic mass is 19.1. The minimum Gasteiger partial charge on any atom is -0.313 e. The van der Waals surface area contributed by atoms with Crippen LogP contribution in [-0.4, -0.2) is 75.0 Å². The average Bonchev–Trinajstić information content (AvgIpc) is 2.41. The minimum absolute atomic E-state index is 0.169. The number of nitrogens with zero attached hydrogens (tertiary/aromatic N) is 2. The van der Waals surface area contributed by atoms with E-state index in [9.17, 15) is 4.39 Å². The van der Waals surface area contributed by atoms with Gasteiger partial charge in [-0.05, 0) is 19.4 Å². The molecular formula is C12H25FN4. The molecule has 2 aliphatic heterocycles.